The third-order valence-corrected chi connectivity index (χ3v) is 3.73. The number of carboxylic acid groups (broad SMARTS) is 1. The van der Waals surface area contributed by atoms with E-state index in [1.165, 1.54) is 48.5 Å². The molecule has 7 heteroatoms. The predicted molar refractivity (Wildman–Crippen MR) is 95.4 cm³/mol. The number of amides is 1. The summed E-state index contributed by atoms with van der Waals surface area (Å²) in [6.07, 6.45) is -0.899. The molecule has 144 valence electrons. The number of carboxylic acids is 1. The normalized spacial score (nSPS) is 12.5. The maximum absolute atomic E-state index is 13.3. The SMILES string of the molecule is CC(C)(C)OC(=O)N[C@@H](C(=O)O)C(c1ccc(F)cc1)c1ccc(F)cc1. The lowest BCUT2D eigenvalue weighted by Crippen LogP contribution is -2.47. The van der Waals surface area contributed by atoms with Crippen molar-refractivity contribution >= 4 is 12.1 Å². The summed E-state index contributed by atoms with van der Waals surface area (Å²) in [7, 11) is 0. The molecule has 2 rings (SSSR count). The predicted octanol–water partition coefficient (Wildman–Crippen LogP) is 4.07. The van der Waals surface area contributed by atoms with Gasteiger partial charge >= 0.3 is 12.1 Å². The first-order valence-electron chi connectivity index (χ1n) is 8.30. The quantitative estimate of drug-likeness (QED) is 0.823. The summed E-state index contributed by atoms with van der Waals surface area (Å²) in [5.74, 6) is -3.15. The van der Waals surface area contributed by atoms with Crippen molar-refractivity contribution < 1.29 is 28.2 Å². The zero-order valence-corrected chi connectivity index (χ0v) is 15.2. The highest BCUT2D eigenvalue weighted by molar-refractivity contribution is 5.82. The molecule has 0 aliphatic rings. The van der Waals surface area contributed by atoms with Crippen LogP contribution in [0.3, 0.4) is 0 Å². The van der Waals surface area contributed by atoms with Crippen LogP contribution in [-0.4, -0.2) is 28.8 Å². The molecule has 0 spiro atoms. The summed E-state index contributed by atoms with van der Waals surface area (Å²) in [6.45, 7) is 4.96. The molecule has 0 saturated carbocycles. The summed E-state index contributed by atoms with van der Waals surface area (Å²) in [5.41, 5.74) is 0.0897. The first-order valence-corrected chi connectivity index (χ1v) is 8.30. The van der Waals surface area contributed by atoms with Crippen LogP contribution in [0.2, 0.25) is 0 Å². The van der Waals surface area contributed by atoms with E-state index in [-0.39, 0.29) is 0 Å². The van der Waals surface area contributed by atoms with Gasteiger partial charge in [0.2, 0.25) is 0 Å². The van der Waals surface area contributed by atoms with E-state index < -0.39 is 41.3 Å². The van der Waals surface area contributed by atoms with Crippen molar-refractivity contribution in [3.8, 4) is 0 Å². The zero-order chi connectivity index (χ0) is 20.2. The van der Waals surface area contributed by atoms with Gasteiger partial charge in [0, 0.05) is 5.92 Å². The molecule has 1 amide bonds. The number of ether oxygens (including phenoxy) is 1. The highest BCUT2D eigenvalue weighted by atomic mass is 19.1. The van der Waals surface area contributed by atoms with Gasteiger partial charge in [0.1, 0.15) is 23.3 Å². The number of aliphatic carboxylic acids is 1. The summed E-state index contributed by atoms with van der Waals surface area (Å²) >= 11 is 0. The molecule has 2 N–H and O–H groups in total. The molecule has 2 aromatic carbocycles. The van der Waals surface area contributed by atoms with Gasteiger partial charge in [-0.15, -0.1) is 0 Å². The molecule has 0 saturated heterocycles. The van der Waals surface area contributed by atoms with Crippen LogP contribution in [-0.2, 0) is 9.53 Å². The van der Waals surface area contributed by atoms with E-state index in [0.717, 1.165) is 0 Å². The lowest BCUT2D eigenvalue weighted by atomic mass is 9.85. The van der Waals surface area contributed by atoms with Gasteiger partial charge in [-0.1, -0.05) is 24.3 Å². The lowest BCUT2D eigenvalue weighted by molar-refractivity contribution is -0.139. The number of halogens is 2. The van der Waals surface area contributed by atoms with Crippen LogP contribution in [0, 0.1) is 11.6 Å². The van der Waals surface area contributed by atoms with Crippen LogP contribution in [0.15, 0.2) is 48.5 Å². The van der Waals surface area contributed by atoms with Crippen molar-refractivity contribution in [2.24, 2.45) is 0 Å². The standard InChI is InChI=1S/C20H21F2NO4/c1-20(2,3)27-19(26)23-17(18(24)25)16(12-4-8-14(21)9-5-12)13-6-10-15(22)11-7-13/h4-11,16-17H,1-3H3,(H,23,26)(H,24,25)/t17-/m1/s1. The van der Waals surface area contributed by atoms with E-state index in [9.17, 15) is 23.5 Å². The van der Waals surface area contributed by atoms with Crippen molar-refractivity contribution in [3.05, 3.63) is 71.3 Å². The largest absolute Gasteiger partial charge is 0.480 e. The van der Waals surface area contributed by atoms with E-state index in [2.05, 4.69) is 5.32 Å². The van der Waals surface area contributed by atoms with Crippen LogP contribution in [0.5, 0.6) is 0 Å². The fourth-order valence-electron chi connectivity index (χ4n) is 2.64. The molecule has 0 aromatic heterocycles. The summed E-state index contributed by atoms with van der Waals surface area (Å²) in [4.78, 5) is 24.0. The Morgan fingerprint density at radius 2 is 1.33 bits per heavy atom. The molecule has 0 aliphatic carbocycles. The Morgan fingerprint density at radius 1 is 0.926 bits per heavy atom. The Morgan fingerprint density at radius 3 is 1.67 bits per heavy atom. The minimum absolute atomic E-state index is 0.450. The van der Waals surface area contributed by atoms with Crippen LogP contribution in [0.1, 0.15) is 37.8 Å². The van der Waals surface area contributed by atoms with Gasteiger partial charge in [0.25, 0.3) is 0 Å². The van der Waals surface area contributed by atoms with Gasteiger partial charge in [-0.2, -0.15) is 0 Å². The Bertz CT molecular complexity index is 753. The number of rotatable bonds is 5. The number of alkyl carbamates (subject to hydrolysis) is 1. The topological polar surface area (TPSA) is 75.6 Å². The second-order valence-electron chi connectivity index (χ2n) is 7.04. The Labute approximate surface area is 156 Å². The third-order valence-electron chi connectivity index (χ3n) is 3.73. The van der Waals surface area contributed by atoms with Crippen LogP contribution in [0.25, 0.3) is 0 Å². The number of hydrogen-bond donors (Lipinski definition) is 2. The van der Waals surface area contributed by atoms with Gasteiger partial charge in [-0.3, -0.25) is 0 Å². The average Bonchev–Trinajstić information content (AvgIpc) is 2.55. The molecule has 0 bridgehead atoms. The van der Waals surface area contributed by atoms with Gasteiger partial charge < -0.3 is 15.2 Å². The number of benzene rings is 2. The van der Waals surface area contributed by atoms with Gasteiger partial charge in [0.05, 0.1) is 0 Å². The van der Waals surface area contributed by atoms with Crippen molar-refractivity contribution in [1.82, 2.24) is 5.32 Å². The molecular weight excluding hydrogens is 356 g/mol. The molecular formula is C20H21F2NO4. The maximum Gasteiger partial charge on any atom is 0.408 e. The molecule has 0 aliphatic heterocycles. The van der Waals surface area contributed by atoms with Crippen LogP contribution in [0.4, 0.5) is 13.6 Å². The minimum atomic E-state index is -1.41. The summed E-state index contributed by atoms with van der Waals surface area (Å²) in [6, 6.07) is 9.07. The molecule has 0 fully saturated rings. The fourth-order valence-corrected chi connectivity index (χ4v) is 2.64. The molecule has 0 unspecified atom stereocenters. The maximum atomic E-state index is 13.3. The average molecular weight is 377 g/mol. The smallest absolute Gasteiger partial charge is 0.408 e. The summed E-state index contributed by atoms with van der Waals surface area (Å²) in [5, 5.41) is 12.1. The summed E-state index contributed by atoms with van der Waals surface area (Å²) < 4.78 is 31.8. The molecule has 0 heterocycles. The Kier molecular flexibility index (Phi) is 6.15. The number of carbonyl (C=O) groups excluding carboxylic acids is 1. The van der Waals surface area contributed by atoms with E-state index in [4.69, 9.17) is 4.74 Å². The molecule has 1 atom stereocenters. The fraction of sp³-hybridized carbons (Fsp3) is 0.300. The first-order chi connectivity index (χ1) is 12.6. The van der Waals surface area contributed by atoms with Gasteiger partial charge in [-0.05, 0) is 56.2 Å². The number of hydrogen-bond acceptors (Lipinski definition) is 3. The van der Waals surface area contributed by atoms with E-state index in [1.807, 2.05) is 0 Å². The van der Waals surface area contributed by atoms with Crippen molar-refractivity contribution in [2.75, 3.05) is 0 Å². The Balaban J connectivity index is 2.44. The minimum Gasteiger partial charge on any atom is -0.480 e. The van der Waals surface area contributed by atoms with Crippen LogP contribution >= 0.6 is 0 Å². The van der Waals surface area contributed by atoms with Crippen LogP contribution < -0.4 is 5.32 Å². The molecule has 27 heavy (non-hydrogen) atoms. The molecule has 5 nitrogen and oxygen atoms in total. The van der Waals surface area contributed by atoms with Crippen molar-refractivity contribution in [2.45, 2.75) is 38.3 Å². The highest BCUT2D eigenvalue weighted by Crippen LogP contribution is 2.29. The number of carbonyl (C=O) groups is 2. The van der Waals surface area contributed by atoms with Crippen molar-refractivity contribution in [3.63, 3.8) is 0 Å². The first kappa shape index (κ1) is 20.4. The van der Waals surface area contributed by atoms with E-state index >= 15 is 0 Å². The number of nitrogens with one attached hydrogen (secondary N) is 1. The highest BCUT2D eigenvalue weighted by Gasteiger charge is 2.33. The van der Waals surface area contributed by atoms with Gasteiger partial charge in [0.15, 0.2) is 0 Å². The zero-order valence-electron chi connectivity index (χ0n) is 15.2. The van der Waals surface area contributed by atoms with Gasteiger partial charge in [-0.25, -0.2) is 18.4 Å². The lowest BCUT2D eigenvalue weighted by Gasteiger charge is -2.27. The third kappa shape index (κ3) is 5.77. The van der Waals surface area contributed by atoms with E-state index in [0.29, 0.717) is 11.1 Å². The second kappa shape index (κ2) is 8.16. The Hall–Kier alpha value is -2.96. The van der Waals surface area contributed by atoms with E-state index in [1.54, 1.807) is 20.8 Å². The monoisotopic (exact) mass is 377 g/mol. The second-order valence-corrected chi connectivity index (χ2v) is 7.04. The molecule has 2 aromatic rings. The van der Waals surface area contributed by atoms with Crippen molar-refractivity contribution in [1.29, 1.82) is 0 Å². The molecule has 0 radical (unpaired) electrons.